The minimum Gasteiger partial charge on any atom is -0.271 e. The van der Waals surface area contributed by atoms with Crippen LogP contribution in [0.4, 0.5) is 0 Å². The molecule has 2 aromatic rings. The molecule has 1 atom stereocenters. The lowest BCUT2D eigenvalue weighted by atomic mass is 10.1. The molecule has 0 amide bonds. The van der Waals surface area contributed by atoms with Gasteiger partial charge in [0.05, 0.1) is 11.0 Å². The molecule has 92 valence electrons. The van der Waals surface area contributed by atoms with Crippen molar-refractivity contribution in [2.75, 3.05) is 0 Å². The average Bonchev–Trinajstić information content (AvgIpc) is 2.83. The summed E-state index contributed by atoms with van der Waals surface area (Å²) in [7, 11) is 0. The molecule has 2 heterocycles. The molecule has 1 unspecified atom stereocenters. The predicted octanol–water partition coefficient (Wildman–Crippen LogP) is 2.88. The van der Waals surface area contributed by atoms with E-state index in [1.54, 1.807) is 11.3 Å². The fourth-order valence-corrected chi connectivity index (χ4v) is 3.61. The number of rotatable bonds is 4. The van der Waals surface area contributed by atoms with Crippen molar-refractivity contribution in [1.82, 2.24) is 10.4 Å². The summed E-state index contributed by atoms with van der Waals surface area (Å²) < 4.78 is 0. The number of aromatic nitrogens is 1. The Morgan fingerprint density at radius 3 is 2.65 bits per heavy atom. The summed E-state index contributed by atoms with van der Waals surface area (Å²) in [5, 5.41) is 3.21. The molecule has 0 bridgehead atoms. The van der Waals surface area contributed by atoms with E-state index >= 15 is 0 Å². The Hall–Kier alpha value is -0.750. The second-order valence-electron chi connectivity index (χ2n) is 4.19. The second kappa shape index (κ2) is 5.27. The number of nitrogens with zero attached hydrogens (tertiary/aromatic N) is 1. The molecule has 0 spiro atoms. The Morgan fingerprint density at radius 2 is 2.18 bits per heavy atom. The van der Waals surface area contributed by atoms with Gasteiger partial charge in [-0.25, -0.2) is 4.98 Å². The van der Waals surface area contributed by atoms with E-state index in [9.17, 15) is 0 Å². The normalized spacial score (nSPS) is 12.9. The van der Waals surface area contributed by atoms with Crippen molar-refractivity contribution in [3.05, 3.63) is 37.5 Å². The highest BCUT2D eigenvalue weighted by Crippen LogP contribution is 2.28. The smallest absolute Gasteiger partial charge is 0.0947 e. The number of thiazole rings is 1. The first-order chi connectivity index (χ1) is 8.10. The lowest BCUT2D eigenvalue weighted by Crippen LogP contribution is -2.28. The average molecular weight is 267 g/mol. The zero-order chi connectivity index (χ0) is 12.4. The Morgan fingerprint density at radius 1 is 1.41 bits per heavy atom. The molecule has 0 aliphatic rings. The van der Waals surface area contributed by atoms with Crippen LogP contribution in [0.1, 0.15) is 32.1 Å². The third-order valence-corrected chi connectivity index (χ3v) is 5.03. The summed E-state index contributed by atoms with van der Waals surface area (Å²) in [5.74, 6) is 5.65. The van der Waals surface area contributed by atoms with Gasteiger partial charge in [-0.3, -0.25) is 11.3 Å². The van der Waals surface area contributed by atoms with Crippen molar-refractivity contribution in [1.29, 1.82) is 0 Å². The molecular weight excluding hydrogens is 250 g/mol. The van der Waals surface area contributed by atoms with Crippen LogP contribution >= 0.6 is 22.7 Å². The summed E-state index contributed by atoms with van der Waals surface area (Å²) in [6.45, 7) is 6.30. The summed E-state index contributed by atoms with van der Waals surface area (Å²) in [6.07, 6.45) is 0.856. The van der Waals surface area contributed by atoms with Gasteiger partial charge in [0.15, 0.2) is 0 Å². The van der Waals surface area contributed by atoms with E-state index < -0.39 is 0 Å². The van der Waals surface area contributed by atoms with Crippen LogP contribution in [0.25, 0.3) is 0 Å². The van der Waals surface area contributed by atoms with Crippen molar-refractivity contribution in [3.63, 3.8) is 0 Å². The predicted molar refractivity (Wildman–Crippen MR) is 74.4 cm³/mol. The first-order valence-corrected chi connectivity index (χ1v) is 7.24. The Labute approximate surface area is 110 Å². The van der Waals surface area contributed by atoms with E-state index in [1.807, 2.05) is 18.3 Å². The van der Waals surface area contributed by atoms with Crippen LogP contribution in [0.15, 0.2) is 11.4 Å². The molecule has 5 heteroatoms. The van der Waals surface area contributed by atoms with Gasteiger partial charge in [0.1, 0.15) is 0 Å². The molecule has 17 heavy (non-hydrogen) atoms. The minimum atomic E-state index is 0.165. The van der Waals surface area contributed by atoms with Gasteiger partial charge >= 0.3 is 0 Å². The molecule has 0 radical (unpaired) electrons. The highest BCUT2D eigenvalue weighted by Gasteiger charge is 2.15. The van der Waals surface area contributed by atoms with E-state index in [-0.39, 0.29) is 6.04 Å². The first kappa shape index (κ1) is 12.7. The summed E-state index contributed by atoms with van der Waals surface area (Å²) in [5.41, 5.74) is 5.31. The molecule has 0 fully saturated rings. The molecule has 2 rings (SSSR count). The maximum absolute atomic E-state index is 5.65. The van der Waals surface area contributed by atoms with Gasteiger partial charge in [-0.1, -0.05) is 0 Å². The molecule has 0 saturated carbocycles. The Balaban J connectivity index is 2.16. The first-order valence-electron chi connectivity index (χ1n) is 5.54. The van der Waals surface area contributed by atoms with Crippen LogP contribution < -0.4 is 11.3 Å². The molecule has 3 N–H and O–H groups in total. The lowest BCUT2D eigenvalue weighted by Gasteiger charge is -2.12. The maximum atomic E-state index is 5.65. The third kappa shape index (κ3) is 2.93. The minimum absolute atomic E-state index is 0.165. The highest BCUT2D eigenvalue weighted by molar-refractivity contribution is 7.12. The fraction of sp³-hybridized carbons (Fsp3) is 0.417. The summed E-state index contributed by atoms with van der Waals surface area (Å²) >= 11 is 3.50. The topological polar surface area (TPSA) is 50.9 Å². The van der Waals surface area contributed by atoms with Gasteiger partial charge in [-0.05, 0) is 32.4 Å². The largest absolute Gasteiger partial charge is 0.271 e. The SMILES string of the molecule is Cc1csc(CC(NN)c2cc(C)c(C)s2)n1. The monoisotopic (exact) mass is 267 g/mol. The molecule has 2 aromatic heterocycles. The zero-order valence-corrected chi connectivity index (χ0v) is 11.9. The fourth-order valence-electron chi connectivity index (χ4n) is 1.69. The number of hydrazine groups is 1. The molecule has 0 aromatic carbocycles. The van der Waals surface area contributed by atoms with E-state index in [0.717, 1.165) is 17.1 Å². The second-order valence-corrected chi connectivity index (χ2v) is 6.42. The van der Waals surface area contributed by atoms with Crippen molar-refractivity contribution >= 4 is 22.7 Å². The van der Waals surface area contributed by atoms with Gasteiger partial charge in [0, 0.05) is 27.2 Å². The summed E-state index contributed by atoms with van der Waals surface area (Å²) in [4.78, 5) is 7.13. The number of nitrogens with two attached hydrogens (primary N) is 1. The van der Waals surface area contributed by atoms with Crippen LogP contribution in [0, 0.1) is 20.8 Å². The van der Waals surface area contributed by atoms with E-state index in [1.165, 1.54) is 15.3 Å². The number of aryl methyl sites for hydroxylation is 3. The van der Waals surface area contributed by atoms with Crippen molar-refractivity contribution < 1.29 is 0 Å². The molecule has 0 saturated heterocycles. The number of nitrogens with one attached hydrogen (secondary N) is 1. The summed E-state index contributed by atoms with van der Waals surface area (Å²) in [6, 6.07) is 2.38. The number of thiophene rings is 1. The van der Waals surface area contributed by atoms with Crippen LogP contribution in [0.2, 0.25) is 0 Å². The molecule has 0 aliphatic carbocycles. The Bertz CT molecular complexity index is 482. The highest BCUT2D eigenvalue weighted by atomic mass is 32.1. The van der Waals surface area contributed by atoms with Crippen LogP contribution in [-0.2, 0) is 6.42 Å². The number of hydrogen-bond donors (Lipinski definition) is 2. The molecule has 3 nitrogen and oxygen atoms in total. The van der Waals surface area contributed by atoms with Gasteiger partial charge in [0.25, 0.3) is 0 Å². The van der Waals surface area contributed by atoms with Gasteiger partial charge in [-0.15, -0.1) is 22.7 Å². The van der Waals surface area contributed by atoms with Gasteiger partial charge in [0.2, 0.25) is 0 Å². The van der Waals surface area contributed by atoms with E-state index in [4.69, 9.17) is 5.84 Å². The lowest BCUT2D eigenvalue weighted by molar-refractivity contribution is 0.559. The van der Waals surface area contributed by atoms with Crippen molar-refractivity contribution in [2.24, 2.45) is 5.84 Å². The quantitative estimate of drug-likeness (QED) is 0.661. The van der Waals surface area contributed by atoms with E-state index in [0.29, 0.717) is 0 Å². The van der Waals surface area contributed by atoms with Crippen molar-refractivity contribution in [3.8, 4) is 0 Å². The van der Waals surface area contributed by atoms with Crippen molar-refractivity contribution in [2.45, 2.75) is 33.2 Å². The number of hydrogen-bond acceptors (Lipinski definition) is 5. The van der Waals surface area contributed by atoms with Crippen LogP contribution in [0.3, 0.4) is 0 Å². The molecule has 0 aliphatic heterocycles. The van der Waals surface area contributed by atoms with Crippen LogP contribution in [0.5, 0.6) is 0 Å². The Kier molecular flexibility index (Phi) is 3.93. The van der Waals surface area contributed by atoms with Gasteiger partial charge < -0.3 is 0 Å². The standard InChI is InChI=1S/C12H17N3S2/c1-7-4-11(17-9(7)3)10(15-13)5-12-14-8(2)6-16-12/h4,6,10,15H,5,13H2,1-3H3. The molecular formula is C12H17N3S2. The zero-order valence-electron chi connectivity index (χ0n) is 10.3. The van der Waals surface area contributed by atoms with Gasteiger partial charge in [-0.2, -0.15) is 0 Å². The maximum Gasteiger partial charge on any atom is 0.0947 e. The third-order valence-electron chi connectivity index (χ3n) is 2.77. The van der Waals surface area contributed by atoms with Crippen LogP contribution in [-0.4, -0.2) is 4.98 Å². The van der Waals surface area contributed by atoms with E-state index in [2.05, 4.69) is 35.7 Å².